The fraction of sp³-hybridized carbons (Fsp3) is 0.222. The number of thioether (sulfide) groups is 1. The SMILES string of the molecule is NC1SC1c1cccc(-c2cn(CCO)c3ccccc23)c1. The molecule has 2 atom stereocenters. The van der Waals surface area contributed by atoms with Crippen molar-refractivity contribution < 1.29 is 5.11 Å². The highest BCUT2D eigenvalue weighted by Gasteiger charge is 2.36. The van der Waals surface area contributed by atoms with Crippen molar-refractivity contribution in [1.29, 1.82) is 0 Å². The van der Waals surface area contributed by atoms with Gasteiger partial charge in [0.05, 0.1) is 17.2 Å². The van der Waals surface area contributed by atoms with Crippen LogP contribution in [0.4, 0.5) is 0 Å². The molecule has 0 spiro atoms. The van der Waals surface area contributed by atoms with E-state index in [0.717, 1.165) is 5.52 Å². The van der Waals surface area contributed by atoms with Gasteiger partial charge in [0.1, 0.15) is 0 Å². The fourth-order valence-corrected chi connectivity index (χ4v) is 3.75. The van der Waals surface area contributed by atoms with Gasteiger partial charge in [0.2, 0.25) is 0 Å². The van der Waals surface area contributed by atoms with Crippen LogP contribution in [0.25, 0.3) is 22.0 Å². The minimum atomic E-state index is 0.145. The van der Waals surface area contributed by atoms with Gasteiger partial charge in [-0.2, -0.15) is 0 Å². The van der Waals surface area contributed by atoms with E-state index >= 15 is 0 Å². The minimum absolute atomic E-state index is 0.145. The quantitative estimate of drug-likeness (QED) is 0.726. The molecule has 22 heavy (non-hydrogen) atoms. The van der Waals surface area contributed by atoms with E-state index in [2.05, 4.69) is 53.2 Å². The van der Waals surface area contributed by atoms with E-state index in [9.17, 15) is 5.11 Å². The first kappa shape index (κ1) is 13.9. The van der Waals surface area contributed by atoms with Gasteiger partial charge >= 0.3 is 0 Å². The Morgan fingerprint density at radius 3 is 2.73 bits per heavy atom. The summed E-state index contributed by atoms with van der Waals surface area (Å²) in [6.45, 7) is 0.759. The van der Waals surface area contributed by atoms with Gasteiger partial charge in [-0.1, -0.05) is 36.4 Å². The zero-order chi connectivity index (χ0) is 15.1. The van der Waals surface area contributed by atoms with Crippen LogP contribution in [0.15, 0.2) is 54.7 Å². The van der Waals surface area contributed by atoms with Crippen LogP contribution >= 0.6 is 11.8 Å². The van der Waals surface area contributed by atoms with Crippen LogP contribution in [0.3, 0.4) is 0 Å². The topological polar surface area (TPSA) is 51.2 Å². The smallest absolute Gasteiger partial charge is 0.0676 e. The molecule has 3 aromatic rings. The lowest BCUT2D eigenvalue weighted by atomic mass is 10.0. The molecule has 4 rings (SSSR count). The molecule has 0 saturated carbocycles. The number of hydrogen-bond donors (Lipinski definition) is 2. The zero-order valence-corrected chi connectivity index (χ0v) is 13.0. The van der Waals surface area contributed by atoms with E-state index in [0.29, 0.717) is 11.8 Å². The van der Waals surface area contributed by atoms with Crippen molar-refractivity contribution in [2.45, 2.75) is 17.2 Å². The lowest BCUT2D eigenvalue weighted by Gasteiger charge is -2.03. The van der Waals surface area contributed by atoms with Crippen LogP contribution in [-0.4, -0.2) is 21.7 Å². The summed E-state index contributed by atoms with van der Waals surface area (Å²) in [4.78, 5) is 0. The molecule has 1 aromatic heterocycles. The molecule has 1 aliphatic rings. The third-order valence-electron chi connectivity index (χ3n) is 4.18. The molecule has 1 aliphatic heterocycles. The highest BCUT2D eigenvalue weighted by molar-refractivity contribution is 8.07. The standard InChI is InChI=1S/C18H18N2OS/c19-18-17(22-18)13-5-3-4-12(10-13)15-11-20(8-9-21)16-7-2-1-6-14(15)16/h1-7,10-11,17-18,21H,8-9,19H2. The van der Waals surface area contributed by atoms with E-state index in [-0.39, 0.29) is 12.0 Å². The molecule has 0 radical (unpaired) electrons. The van der Waals surface area contributed by atoms with Gasteiger partial charge in [0, 0.05) is 29.2 Å². The Morgan fingerprint density at radius 1 is 1.14 bits per heavy atom. The summed E-state index contributed by atoms with van der Waals surface area (Å²) >= 11 is 1.80. The van der Waals surface area contributed by atoms with E-state index in [1.807, 2.05) is 6.07 Å². The summed E-state index contributed by atoms with van der Waals surface area (Å²) in [5, 5.41) is 11.2. The maximum atomic E-state index is 9.28. The number of nitrogens with two attached hydrogens (primary N) is 1. The molecule has 1 saturated heterocycles. The molecule has 3 nitrogen and oxygen atoms in total. The molecule has 0 bridgehead atoms. The number of benzene rings is 2. The van der Waals surface area contributed by atoms with Gasteiger partial charge in [0.25, 0.3) is 0 Å². The Morgan fingerprint density at radius 2 is 1.95 bits per heavy atom. The fourth-order valence-electron chi connectivity index (χ4n) is 3.04. The minimum Gasteiger partial charge on any atom is -0.395 e. The number of aromatic nitrogens is 1. The second-order valence-electron chi connectivity index (χ2n) is 5.62. The highest BCUT2D eigenvalue weighted by atomic mass is 32.2. The van der Waals surface area contributed by atoms with Gasteiger partial charge in [-0.3, -0.25) is 0 Å². The monoisotopic (exact) mass is 310 g/mol. The van der Waals surface area contributed by atoms with Crippen LogP contribution in [-0.2, 0) is 6.54 Å². The van der Waals surface area contributed by atoms with Gasteiger partial charge in [0.15, 0.2) is 0 Å². The molecule has 2 unspecified atom stereocenters. The molecule has 0 aliphatic carbocycles. The lowest BCUT2D eigenvalue weighted by Crippen LogP contribution is -2.00. The van der Waals surface area contributed by atoms with E-state index in [1.165, 1.54) is 22.1 Å². The molecule has 4 heteroatoms. The summed E-state index contributed by atoms with van der Waals surface area (Å²) in [7, 11) is 0. The summed E-state index contributed by atoms with van der Waals surface area (Å²) < 4.78 is 2.12. The average Bonchev–Trinajstić information content (AvgIpc) is 3.17. The molecule has 2 aromatic carbocycles. The Labute approximate surface area is 133 Å². The summed E-state index contributed by atoms with van der Waals surface area (Å²) in [5.41, 5.74) is 10.8. The maximum absolute atomic E-state index is 9.28. The Balaban J connectivity index is 1.84. The Kier molecular flexibility index (Phi) is 3.45. The molecule has 112 valence electrons. The number of aliphatic hydroxyl groups excluding tert-OH is 1. The number of rotatable bonds is 4. The molecule has 2 heterocycles. The number of nitrogens with zero attached hydrogens (tertiary/aromatic N) is 1. The van der Waals surface area contributed by atoms with Crippen molar-refractivity contribution in [2.24, 2.45) is 5.73 Å². The summed E-state index contributed by atoms with van der Waals surface area (Å²) in [6, 6.07) is 17.0. The molecule has 0 amide bonds. The highest BCUT2D eigenvalue weighted by Crippen LogP contribution is 2.52. The summed E-state index contributed by atoms with van der Waals surface area (Å²) in [5.74, 6) is 0. The maximum Gasteiger partial charge on any atom is 0.0676 e. The lowest BCUT2D eigenvalue weighted by molar-refractivity contribution is 0.278. The average molecular weight is 310 g/mol. The Hall–Kier alpha value is -1.75. The van der Waals surface area contributed by atoms with E-state index in [1.54, 1.807) is 11.8 Å². The van der Waals surface area contributed by atoms with Crippen molar-refractivity contribution in [3.63, 3.8) is 0 Å². The molecular formula is C18H18N2OS. The normalized spacial score (nSPS) is 20.5. The van der Waals surface area contributed by atoms with Crippen LogP contribution in [0.5, 0.6) is 0 Å². The van der Waals surface area contributed by atoms with Crippen molar-refractivity contribution >= 4 is 22.7 Å². The molecular weight excluding hydrogens is 292 g/mol. The van der Waals surface area contributed by atoms with Crippen molar-refractivity contribution in [2.75, 3.05) is 6.61 Å². The van der Waals surface area contributed by atoms with Gasteiger partial charge in [-0.25, -0.2) is 0 Å². The van der Waals surface area contributed by atoms with Crippen LogP contribution < -0.4 is 5.73 Å². The number of para-hydroxylation sites is 1. The summed E-state index contributed by atoms with van der Waals surface area (Å²) in [6.07, 6.45) is 2.14. The predicted octanol–water partition coefficient (Wildman–Crippen LogP) is 3.37. The van der Waals surface area contributed by atoms with E-state index in [4.69, 9.17) is 5.73 Å². The largest absolute Gasteiger partial charge is 0.395 e. The number of fused-ring (bicyclic) bond motifs is 1. The second-order valence-corrected chi connectivity index (χ2v) is 6.95. The number of aliphatic hydroxyl groups is 1. The first-order valence-electron chi connectivity index (χ1n) is 7.48. The van der Waals surface area contributed by atoms with Gasteiger partial charge < -0.3 is 15.4 Å². The van der Waals surface area contributed by atoms with Crippen LogP contribution in [0.1, 0.15) is 10.8 Å². The first-order valence-corrected chi connectivity index (χ1v) is 8.42. The zero-order valence-electron chi connectivity index (χ0n) is 12.1. The number of hydrogen-bond acceptors (Lipinski definition) is 3. The predicted molar refractivity (Wildman–Crippen MR) is 92.8 cm³/mol. The van der Waals surface area contributed by atoms with Gasteiger partial charge in [-0.05, 0) is 23.3 Å². The molecule has 1 fully saturated rings. The first-order chi connectivity index (χ1) is 10.8. The second kappa shape index (κ2) is 5.47. The van der Waals surface area contributed by atoms with Gasteiger partial charge in [-0.15, -0.1) is 11.8 Å². The van der Waals surface area contributed by atoms with E-state index < -0.39 is 0 Å². The van der Waals surface area contributed by atoms with Crippen LogP contribution in [0.2, 0.25) is 0 Å². The van der Waals surface area contributed by atoms with Crippen LogP contribution in [0, 0.1) is 0 Å². The third kappa shape index (κ3) is 2.33. The Bertz CT molecular complexity index is 827. The molecule has 3 N–H and O–H groups in total. The third-order valence-corrected chi connectivity index (χ3v) is 5.31. The van der Waals surface area contributed by atoms with Crippen molar-refractivity contribution in [3.05, 3.63) is 60.3 Å². The van der Waals surface area contributed by atoms with Crippen molar-refractivity contribution in [3.8, 4) is 11.1 Å². The van der Waals surface area contributed by atoms with Crippen molar-refractivity contribution in [1.82, 2.24) is 4.57 Å².